The summed E-state index contributed by atoms with van der Waals surface area (Å²) >= 11 is 0. The second kappa shape index (κ2) is 3.34. The van der Waals surface area contributed by atoms with Crippen LogP contribution in [0.2, 0.25) is 0 Å². The average Bonchev–Trinajstić information content (AvgIpc) is 2.26. The summed E-state index contributed by atoms with van der Waals surface area (Å²) in [5.74, 6) is -0.716. The summed E-state index contributed by atoms with van der Waals surface area (Å²) in [5.41, 5.74) is 0. The minimum atomic E-state index is -0.979. The van der Waals surface area contributed by atoms with Crippen LogP contribution in [0.3, 0.4) is 0 Å². The van der Waals surface area contributed by atoms with E-state index in [0.29, 0.717) is 6.29 Å². The van der Waals surface area contributed by atoms with Gasteiger partial charge in [0.1, 0.15) is 20.2 Å². The lowest BCUT2D eigenvalue weighted by Gasteiger charge is -2.10. The van der Waals surface area contributed by atoms with E-state index < -0.39 is 24.1 Å². The summed E-state index contributed by atoms with van der Waals surface area (Å²) in [6.07, 6.45) is -1.15. The Hall–Kier alpha value is -0.385. The molecule has 0 bridgehead atoms. The molecule has 0 aromatic heterocycles. The van der Waals surface area contributed by atoms with Gasteiger partial charge in [0.15, 0.2) is 0 Å². The number of hydrogen-bond acceptors (Lipinski definition) is 4. The summed E-state index contributed by atoms with van der Waals surface area (Å²) < 4.78 is 4.87. The molecule has 1 saturated heterocycles. The monoisotopic (exact) mass is 156 g/mol. The summed E-state index contributed by atoms with van der Waals surface area (Å²) in [7, 11) is 5.32. The normalized spacial score (nSPS) is 44.2. The van der Waals surface area contributed by atoms with Crippen molar-refractivity contribution in [3.63, 3.8) is 0 Å². The molecule has 5 heteroatoms. The fourth-order valence-electron chi connectivity index (χ4n) is 1.12. The molecule has 0 spiro atoms. The van der Waals surface area contributed by atoms with Gasteiger partial charge in [-0.2, -0.15) is 0 Å². The van der Waals surface area contributed by atoms with Crippen molar-refractivity contribution in [2.75, 3.05) is 6.61 Å². The van der Waals surface area contributed by atoms with Crippen molar-refractivity contribution in [2.24, 2.45) is 5.92 Å². The van der Waals surface area contributed by atoms with Crippen molar-refractivity contribution in [2.45, 2.75) is 18.2 Å². The van der Waals surface area contributed by atoms with Crippen LogP contribution in [0.5, 0.6) is 0 Å². The maximum Gasteiger partial charge on any atom is 0.127 e. The number of ether oxygens (including phenoxy) is 1. The molecule has 1 aliphatic heterocycles. The molecule has 4 nitrogen and oxygen atoms in total. The van der Waals surface area contributed by atoms with E-state index in [-0.39, 0.29) is 6.61 Å². The van der Waals surface area contributed by atoms with Gasteiger partial charge in [-0.15, -0.1) is 0 Å². The predicted octanol–water partition coefficient (Wildman–Crippen LogP) is -1.95. The number of aliphatic hydroxyl groups excluding tert-OH is 2. The van der Waals surface area contributed by atoms with Gasteiger partial charge in [-0.05, 0) is 0 Å². The van der Waals surface area contributed by atoms with Crippen LogP contribution in [0.15, 0.2) is 0 Å². The number of aliphatic hydroxyl groups is 2. The Morgan fingerprint density at radius 3 is 2.55 bits per heavy atom. The molecule has 0 aromatic carbocycles. The number of rotatable bonds is 2. The standard InChI is InChI=1S/C6H9BO4/c7-6-3(1-8)5(10)4(2-9)11-6/h1,3-6,9-10H,2H2/t3-,4?,5+,6?/m1/s1. The van der Waals surface area contributed by atoms with E-state index in [1.165, 1.54) is 0 Å². The summed E-state index contributed by atoms with van der Waals surface area (Å²) in [6, 6.07) is -0.792. The van der Waals surface area contributed by atoms with Gasteiger partial charge >= 0.3 is 0 Å². The molecule has 0 saturated carbocycles. The van der Waals surface area contributed by atoms with Gasteiger partial charge in [-0.3, -0.25) is 0 Å². The molecule has 2 N–H and O–H groups in total. The predicted molar refractivity (Wildman–Crippen MR) is 37.1 cm³/mol. The molecule has 0 amide bonds. The fourth-order valence-corrected chi connectivity index (χ4v) is 1.12. The Labute approximate surface area is 65.6 Å². The average molecular weight is 156 g/mol. The second-order valence-corrected chi connectivity index (χ2v) is 2.53. The summed E-state index contributed by atoms with van der Waals surface area (Å²) in [6.45, 7) is -0.320. The number of carbonyl (C=O) groups excluding carboxylic acids is 1. The molecule has 1 rings (SSSR count). The Morgan fingerprint density at radius 2 is 2.27 bits per heavy atom. The van der Waals surface area contributed by atoms with Crippen molar-refractivity contribution in [3.8, 4) is 0 Å². The number of carbonyl (C=O) groups is 1. The van der Waals surface area contributed by atoms with Crippen LogP contribution in [0, 0.1) is 5.92 Å². The largest absolute Gasteiger partial charge is 0.394 e. The highest BCUT2D eigenvalue weighted by atomic mass is 16.5. The minimum absolute atomic E-state index is 0.320. The summed E-state index contributed by atoms with van der Waals surface area (Å²) in [5, 5.41) is 17.8. The quantitative estimate of drug-likeness (QED) is 0.360. The lowest BCUT2D eigenvalue weighted by Crippen LogP contribution is -2.30. The number of aldehydes is 1. The maximum absolute atomic E-state index is 10.3. The lowest BCUT2D eigenvalue weighted by atomic mass is 9.86. The van der Waals surface area contributed by atoms with Crippen LogP contribution in [0.1, 0.15) is 0 Å². The third-order valence-corrected chi connectivity index (χ3v) is 1.82. The van der Waals surface area contributed by atoms with Gasteiger partial charge in [0.2, 0.25) is 0 Å². The molecule has 2 radical (unpaired) electrons. The van der Waals surface area contributed by atoms with Gasteiger partial charge in [0.25, 0.3) is 0 Å². The third kappa shape index (κ3) is 1.45. The van der Waals surface area contributed by atoms with Gasteiger partial charge in [0, 0.05) is 6.00 Å². The first kappa shape index (κ1) is 8.71. The highest BCUT2D eigenvalue weighted by Gasteiger charge is 2.39. The first-order chi connectivity index (χ1) is 5.20. The van der Waals surface area contributed by atoms with Gasteiger partial charge in [0.05, 0.1) is 18.6 Å². The zero-order valence-electron chi connectivity index (χ0n) is 5.88. The van der Waals surface area contributed by atoms with Crippen LogP contribution in [0.4, 0.5) is 0 Å². The highest BCUT2D eigenvalue weighted by Crippen LogP contribution is 2.23. The third-order valence-electron chi connectivity index (χ3n) is 1.82. The van der Waals surface area contributed by atoms with E-state index in [1.807, 2.05) is 0 Å². The first-order valence-corrected chi connectivity index (χ1v) is 3.36. The summed E-state index contributed by atoms with van der Waals surface area (Å²) in [4.78, 5) is 10.3. The van der Waals surface area contributed by atoms with Crippen LogP contribution < -0.4 is 0 Å². The molecule has 4 atom stereocenters. The van der Waals surface area contributed by atoms with Crippen LogP contribution >= 0.6 is 0 Å². The maximum atomic E-state index is 10.3. The molecule has 1 fully saturated rings. The number of hydrogen-bond donors (Lipinski definition) is 2. The van der Waals surface area contributed by atoms with E-state index in [9.17, 15) is 9.90 Å². The smallest absolute Gasteiger partial charge is 0.127 e. The van der Waals surface area contributed by atoms with Gasteiger partial charge in [-0.25, -0.2) is 0 Å². The zero-order chi connectivity index (χ0) is 8.43. The van der Waals surface area contributed by atoms with E-state index in [2.05, 4.69) is 0 Å². The van der Waals surface area contributed by atoms with Crippen molar-refractivity contribution in [1.82, 2.24) is 0 Å². The van der Waals surface area contributed by atoms with Crippen molar-refractivity contribution >= 4 is 14.1 Å². The molecule has 0 aromatic rings. The molecule has 2 unspecified atom stereocenters. The van der Waals surface area contributed by atoms with Crippen molar-refractivity contribution in [3.05, 3.63) is 0 Å². The minimum Gasteiger partial charge on any atom is -0.394 e. The Bertz CT molecular complexity index is 152. The highest BCUT2D eigenvalue weighted by molar-refractivity contribution is 6.12. The van der Waals surface area contributed by atoms with Crippen LogP contribution in [-0.4, -0.2) is 49.2 Å². The van der Waals surface area contributed by atoms with E-state index in [4.69, 9.17) is 17.7 Å². The SMILES string of the molecule is [B]C1OC(CO)[C@@H](O)[C@H]1C=O. The van der Waals surface area contributed by atoms with E-state index in [0.717, 1.165) is 0 Å². The molecule has 1 aliphatic rings. The van der Waals surface area contributed by atoms with E-state index in [1.54, 1.807) is 0 Å². The van der Waals surface area contributed by atoms with Gasteiger partial charge < -0.3 is 19.7 Å². The molecule has 1 heterocycles. The first-order valence-electron chi connectivity index (χ1n) is 3.36. The van der Waals surface area contributed by atoms with Crippen molar-refractivity contribution in [1.29, 1.82) is 0 Å². The lowest BCUT2D eigenvalue weighted by molar-refractivity contribution is -0.113. The topological polar surface area (TPSA) is 66.8 Å². The van der Waals surface area contributed by atoms with Crippen LogP contribution in [0.25, 0.3) is 0 Å². The molecule has 60 valence electrons. The Morgan fingerprint density at radius 1 is 1.64 bits per heavy atom. The van der Waals surface area contributed by atoms with Crippen LogP contribution in [-0.2, 0) is 9.53 Å². The van der Waals surface area contributed by atoms with Gasteiger partial charge in [-0.1, -0.05) is 0 Å². The molecule has 0 aliphatic carbocycles. The molecular formula is C6H9BO4. The van der Waals surface area contributed by atoms with Crippen molar-refractivity contribution < 1.29 is 19.7 Å². The molecular weight excluding hydrogens is 147 g/mol. The zero-order valence-corrected chi connectivity index (χ0v) is 5.88. The fraction of sp³-hybridized carbons (Fsp3) is 0.833. The second-order valence-electron chi connectivity index (χ2n) is 2.53. The Balaban J connectivity index is 2.62. The molecule has 11 heavy (non-hydrogen) atoms. The Kier molecular flexibility index (Phi) is 2.65. The van der Waals surface area contributed by atoms with E-state index >= 15 is 0 Å².